The molecule has 1 heterocycles. The number of aliphatic carboxylic acids is 1. The van der Waals surface area contributed by atoms with E-state index >= 15 is 0 Å². The van der Waals surface area contributed by atoms with Gasteiger partial charge in [-0.2, -0.15) is 0 Å². The van der Waals surface area contributed by atoms with Crippen LogP contribution in [0.25, 0.3) is 0 Å². The van der Waals surface area contributed by atoms with Crippen LogP contribution in [0.3, 0.4) is 0 Å². The number of nitrogens with one attached hydrogen (secondary N) is 1. The van der Waals surface area contributed by atoms with Gasteiger partial charge in [-0.25, -0.2) is 9.59 Å². The molecule has 0 aliphatic carbocycles. The lowest BCUT2D eigenvalue weighted by Crippen LogP contribution is -2.51. The molecule has 0 aromatic carbocycles. The molecule has 18 heavy (non-hydrogen) atoms. The number of hydrogen-bond acceptors (Lipinski definition) is 4. The number of nitrogens with zero attached hydrogens (tertiary/aromatic N) is 1. The highest BCUT2D eigenvalue weighted by molar-refractivity contribution is 7.84. The third-order valence-corrected chi connectivity index (χ3v) is 3.38. The van der Waals surface area contributed by atoms with Crippen LogP contribution >= 0.6 is 0 Å². The van der Waals surface area contributed by atoms with Crippen molar-refractivity contribution in [2.45, 2.75) is 12.5 Å². The molecular weight excluding hydrogens is 260 g/mol. The molecule has 1 saturated heterocycles. The number of carboxylic acids is 1. The third kappa shape index (κ3) is 5.01. The van der Waals surface area contributed by atoms with Gasteiger partial charge < -0.3 is 20.1 Å². The fourth-order valence-electron chi connectivity index (χ4n) is 1.57. The number of urea groups is 1. The van der Waals surface area contributed by atoms with E-state index < -0.39 is 22.9 Å². The van der Waals surface area contributed by atoms with Crippen molar-refractivity contribution >= 4 is 22.8 Å². The maximum atomic E-state index is 11.7. The number of carboxylic acid groups (broad SMARTS) is 1. The van der Waals surface area contributed by atoms with Gasteiger partial charge in [0.2, 0.25) is 0 Å². The second kappa shape index (κ2) is 7.32. The predicted octanol–water partition coefficient (Wildman–Crippen LogP) is -0.750. The summed E-state index contributed by atoms with van der Waals surface area (Å²) in [7, 11) is -0.860. The van der Waals surface area contributed by atoms with Crippen LogP contribution in [-0.4, -0.2) is 70.6 Å². The molecule has 0 radical (unpaired) electrons. The Hall–Kier alpha value is -1.15. The SMILES string of the molecule is CS(=O)CCCNC(=O)N1CCOC(C(=O)O)C1. The van der Waals surface area contributed by atoms with Crippen molar-refractivity contribution in [1.82, 2.24) is 10.2 Å². The Labute approximate surface area is 108 Å². The normalized spacial score (nSPS) is 21.4. The van der Waals surface area contributed by atoms with Gasteiger partial charge in [-0.1, -0.05) is 0 Å². The Morgan fingerprint density at radius 2 is 2.28 bits per heavy atom. The van der Waals surface area contributed by atoms with Gasteiger partial charge in [0.25, 0.3) is 0 Å². The molecule has 1 aliphatic heterocycles. The Morgan fingerprint density at radius 1 is 1.56 bits per heavy atom. The van der Waals surface area contributed by atoms with Crippen LogP contribution in [0, 0.1) is 0 Å². The zero-order valence-corrected chi connectivity index (χ0v) is 11.1. The molecule has 104 valence electrons. The maximum absolute atomic E-state index is 11.7. The van der Waals surface area contributed by atoms with E-state index in [1.54, 1.807) is 6.26 Å². The smallest absolute Gasteiger partial charge is 0.334 e. The lowest BCUT2D eigenvalue weighted by atomic mass is 10.3. The lowest BCUT2D eigenvalue weighted by molar-refractivity contribution is -0.154. The quantitative estimate of drug-likeness (QED) is 0.645. The average molecular weight is 278 g/mol. The van der Waals surface area contributed by atoms with E-state index in [-0.39, 0.29) is 19.2 Å². The minimum Gasteiger partial charge on any atom is -0.479 e. The zero-order valence-electron chi connectivity index (χ0n) is 10.3. The van der Waals surface area contributed by atoms with Crippen LogP contribution < -0.4 is 5.32 Å². The Bertz CT molecular complexity index is 336. The number of ether oxygens (including phenoxy) is 1. The van der Waals surface area contributed by atoms with Gasteiger partial charge in [-0.15, -0.1) is 0 Å². The van der Waals surface area contributed by atoms with Crippen LogP contribution in [0.2, 0.25) is 0 Å². The van der Waals surface area contributed by atoms with Crippen LogP contribution in [0.1, 0.15) is 6.42 Å². The predicted molar refractivity (Wildman–Crippen MR) is 65.9 cm³/mol. The molecule has 0 spiro atoms. The molecule has 0 aromatic rings. The molecule has 0 aromatic heterocycles. The summed E-state index contributed by atoms with van der Waals surface area (Å²) in [6.45, 7) is 1.10. The first-order valence-electron chi connectivity index (χ1n) is 5.68. The first kappa shape index (κ1) is 14.9. The standard InChI is InChI=1S/C10H18N2O5S/c1-18(16)6-2-3-11-10(15)12-4-5-17-8(7-12)9(13)14/h8H,2-7H2,1H3,(H,11,15)(H,13,14). The van der Waals surface area contributed by atoms with E-state index in [2.05, 4.69) is 5.32 Å². The fraction of sp³-hybridized carbons (Fsp3) is 0.800. The molecule has 1 rings (SSSR count). The second-order valence-corrected chi connectivity index (χ2v) is 5.56. The molecule has 1 fully saturated rings. The van der Waals surface area contributed by atoms with E-state index in [0.717, 1.165) is 0 Å². The second-order valence-electron chi connectivity index (χ2n) is 4.01. The molecular formula is C10H18N2O5S. The van der Waals surface area contributed by atoms with Crippen molar-refractivity contribution in [3.05, 3.63) is 0 Å². The Morgan fingerprint density at radius 3 is 2.89 bits per heavy atom. The Kier molecular flexibility index (Phi) is 6.06. The fourth-order valence-corrected chi connectivity index (χ4v) is 2.12. The van der Waals surface area contributed by atoms with E-state index in [0.29, 0.717) is 25.3 Å². The molecule has 2 atom stereocenters. The number of hydrogen-bond donors (Lipinski definition) is 2. The number of carbonyl (C=O) groups excluding carboxylic acids is 1. The van der Waals surface area contributed by atoms with Crippen molar-refractivity contribution < 1.29 is 23.6 Å². The molecule has 0 bridgehead atoms. The van der Waals surface area contributed by atoms with Gasteiger partial charge in [0.05, 0.1) is 13.2 Å². The van der Waals surface area contributed by atoms with Gasteiger partial charge in [-0.05, 0) is 6.42 Å². The zero-order chi connectivity index (χ0) is 13.5. The van der Waals surface area contributed by atoms with Crippen molar-refractivity contribution in [1.29, 1.82) is 0 Å². The van der Waals surface area contributed by atoms with E-state index in [1.807, 2.05) is 0 Å². The summed E-state index contributed by atoms with van der Waals surface area (Å²) in [5.74, 6) is -0.518. The Balaban J connectivity index is 2.28. The lowest BCUT2D eigenvalue weighted by Gasteiger charge is -2.30. The minimum atomic E-state index is -1.06. The summed E-state index contributed by atoms with van der Waals surface area (Å²) in [6, 6.07) is -0.300. The minimum absolute atomic E-state index is 0.0564. The summed E-state index contributed by atoms with van der Waals surface area (Å²) >= 11 is 0. The summed E-state index contributed by atoms with van der Waals surface area (Å²) < 4.78 is 15.8. The topological polar surface area (TPSA) is 95.9 Å². The number of morpholine rings is 1. The van der Waals surface area contributed by atoms with Gasteiger partial charge >= 0.3 is 12.0 Å². The van der Waals surface area contributed by atoms with Crippen LogP contribution in [-0.2, 0) is 20.3 Å². The molecule has 8 heteroatoms. The largest absolute Gasteiger partial charge is 0.479 e. The highest BCUT2D eigenvalue weighted by Gasteiger charge is 2.28. The van der Waals surface area contributed by atoms with E-state index in [9.17, 15) is 13.8 Å². The number of rotatable bonds is 5. The first-order chi connectivity index (χ1) is 8.50. The molecule has 2 N–H and O–H groups in total. The number of amides is 2. The molecule has 2 unspecified atom stereocenters. The maximum Gasteiger partial charge on any atom is 0.334 e. The van der Waals surface area contributed by atoms with Crippen LogP contribution in [0.15, 0.2) is 0 Å². The van der Waals surface area contributed by atoms with Gasteiger partial charge in [0.15, 0.2) is 6.10 Å². The highest BCUT2D eigenvalue weighted by Crippen LogP contribution is 2.05. The monoisotopic (exact) mass is 278 g/mol. The van der Waals surface area contributed by atoms with Crippen molar-refractivity contribution in [2.75, 3.05) is 38.2 Å². The van der Waals surface area contributed by atoms with E-state index in [1.165, 1.54) is 4.90 Å². The molecule has 1 aliphatic rings. The third-order valence-electron chi connectivity index (χ3n) is 2.51. The van der Waals surface area contributed by atoms with E-state index in [4.69, 9.17) is 9.84 Å². The molecule has 7 nitrogen and oxygen atoms in total. The van der Waals surface area contributed by atoms with Crippen LogP contribution in [0.4, 0.5) is 4.79 Å². The summed E-state index contributed by atoms with van der Waals surface area (Å²) in [4.78, 5) is 23.9. The summed E-state index contributed by atoms with van der Waals surface area (Å²) in [5.41, 5.74) is 0. The summed E-state index contributed by atoms with van der Waals surface area (Å²) in [5, 5.41) is 11.5. The van der Waals surface area contributed by atoms with Gasteiger partial charge in [-0.3, -0.25) is 4.21 Å². The van der Waals surface area contributed by atoms with Crippen LogP contribution in [0.5, 0.6) is 0 Å². The number of carbonyl (C=O) groups is 2. The average Bonchev–Trinajstić information content (AvgIpc) is 2.34. The van der Waals surface area contributed by atoms with Gasteiger partial charge in [0.1, 0.15) is 0 Å². The van der Waals surface area contributed by atoms with Crippen molar-refractivity contribution in [3.63, 3.8) is 0 Å². The van der Waals surface area contributed by atoms with Gasteiger partial charge in [0, 0.05) is 35.9 Å². The van der Waals surface area contributed by atoms with Crippen molar-refractivity contribution in [2.24, 2.45) is 0 Å². The molecule has 2 amide bonds. The first-order valence-corrected chi connectivity index (χ1v) is 7.40. The summed E-state index contributed by atoms with van der Waals surface area (Å²) in [6.07, 6.45) is 1.30. The van der Waals surface area contributed by atoms with Crippen molar-refractivity contribution in [3.8, 4) is 0 Å². The molecule has 0 saturated carbocycles. The highest BCUT2D eigenvalue weighted by atomic mass is 32.2.